The van der Waals surface area contributed by atoms with Crippen LogP contribution in [-0.4, -0.2) is 34.3 Å². The summed E-state index contributed by atoms with van der Waals surface area (Å²) in [7, 11) is 0. The Morgan fingerprint density at radius 2 is 2.56 bits per heavy atom. The third-order valence-corrected chi connectivity index (χ3v) is 2.98. The van der Waals surface area contributed by atoms with Gasteiger partial charge in [0.1, 0.15) is 11.8 Å². The first-order chi connectivity index (χ1) is 7.65. The number of hydrogen-bond donors (Lipinski definition) is 2. The Hall–Kier alpha value is -1.50. The van der Waals surface area contributed by atoms with Crippen molar-refractivity contribution in [2.45, 2.75) is 18.7 Å². The Morgan fingerprint density at radius 3 is 3.06 bits per heavy atom. The van der Waals surface area contributed by atoms with Gasteiger partial charge in [-0.2, -0.15) is 11.8 Å². The molecule has 6 nitrogen and oxygen atoms in total. The number of thioether (sulfide) groups is 1. The second kappa shape index (κ2) is 6.16. The summed E-state index contributed by atoms with van der Waals surface area (Å²) in [5, 5.41) is 11.0. The molecule has 1 amide bonds. The Kier molecular flexibility index (Phi) is 4.84. The normalized spacial score (nSPS) is 12.1. The quantitative estimate of drug-likeness (QED) is 0.675. The van der Waals surface area contributed by atoms with Crippen LogP contribution in [0.1, 0.15) is 11.5 Å². The van der Waals surface area contributed by atoms with Crippen LogP contribution in [0.15, 0.2) is 10.8 Å². The van der Waals surface area contributed by atoms with Gasteiger partial charge >= 0.3 is 5.97 Å². The van der Waals surface area contributed by atoms with E-state index in [2.05, 4.69) is 10.3 Å². The van der Waals surface area contributed by atoms with Crippen molar-refractivity contribution in [2.24, 2.45) is 0 Å². The highest BCUT2D eigenvalue weighted by molar-refractivity contribution is 7.98. The number of aliphatic carboxylic acids is 1. The minimum atomic E-state index is -1.04. The molecule has 0 aliphatic heterocycles. The lowest BCUT2D eigenvalue weighted by Crippen LogP contribution is -2.37. The van der Waals surface area contributed by atoms with Gasteiger partial charge in [0.25, 0.3) is 0 Å². The second-order valence-electron chi connectivity index (χ2n) is 3.05. The van der Waals surface area contributed by atoms with E-state index in [-0.39, 0.29) is 0 Å². The minimum absolute atomic E-state index is 0.292. The number of carboxylic acid groups (broad SMARTS) is 1. The molecular formula is C9H12N2O4S. The SMILES string of the molecule is Cc1ocnc1CSCC(NC=O)C(=O)O. The molecule has 0 saturated carbocycles. The number of carboxylic acids is 1. The van der Waals surface area contributed by atoms with Crippen LogP contribution in [0.3, 0.4) is 0 Å². The van der Waals surface area contributed by atoms with Gasteiger partial charge in [-0.05, 0) is 6.92 Å². The van der Waals surface area contributed by atoms with Gasteiger partial charge in [-0.1, -0.05) is 0 Å². The van der Waals surface area contributed by atoms with Crippen molar-refractivity contribution in [1.82, 2.24) is 10.3 Å². The van der Waals surface area contributed by atoms with Crippen molar-refractivity contribution in [2.75, 3.05) is 5.75 Å². The van der Waals surface area contributed by atoms with E-state index in [4.69, 9.17) is 9.52 Å². The van der Waals surface area contributed by atoms with Gasteiger partial charge in [0.2, 0.25) is 6.41 Å². The van der Waals surface area contributed by atoms with Gasteiger partial charge in [0.05, 0.1) is 5.69 Å². The molecule has 1 aromatic rings. The number of amides is 1. The van der Waals surface area contributed by atoms with E-state index in [0.29, 0.717) is 17.9 Å². The molecule has 2 N–H and O–H groups in total. The summed E-state index contributed by atoms with van der Waals surface area (Å²) < 4.78 is 5.00. The molecule has 0 aliphatic carbocycles. The van der Waals surface area contributed by atoms with E-state index in [0.717, 1.165) is 11.5 Å². The van der Waals surface area contributed by atoms with Gasteiger partial charge in [0, 0.05) is 11.5 Å². The largest absolute Gasteiger partial charge is 0.480 e. The van der Waals surface area contributed by atoms with E-state index >= 15 is 0 Å². The lowest BCUT2D eigenvalue weighted by Gasteiger charge is -2.09. The summed E-state index contributed by atoms with van der Waals surface area (Å²) in [5.74, 6) is 0.534. The molecule has 1 heterocycles. The molecule has 1 atom stereocenters. The third-order valence-electron chi connectivity index (χ3n) is 1.94. The van der Waals surface area contributed by atoms with Crippen LogP contribution in [0.25, 0.3) is 0 Å². The summed E-state index contributed by atoms with van der Waals surface area (Å²) in [4.78, 5) is 24.8. The molecule has 0 bridgehead atoms. The van der Waals surface area contributed by atoms with Crippen LogP contribution in [0.4, 0.5) is 0 Å². The zero-order valence-corrected chi connectivity index (χ0v) is 9.49. The van der Waals surface area contributed by atoms with Crippen molar-refractivity contribution < 1.29 is 19.1 Å². The maximum Gasteiger partial charge on any atom is 0.327 e. The van der Waals surface area contributed by atoms with Crippen molar-refractivity contribution in [3.8, 4) is 0 Å². The highest BCUT2D eigenvalue weighted by Crippen LogP contribution is 2.14. The molecule has 1 unspecified atom stereocenters. The van der Waals surface area contributed by atoms with Crippen molar-refractivity contribution in [1.29, 1.82) is 0 Å². The molecule has 88 valence electrons. The first-order valence-corrected chi connectivity index (χ1v) is 5.69. The number of aromatic nitrogens is 1. The lowest BCUT2D eigenvalue weighted by atomic mass is 10.3. The van der Waals surface area contributed by atoms with Gasteiger partial charge in [-0.25, -0.2) is 9.78 Å². The van der Waals surface area contributed by atoms with Crippen molar-refractivity contribution in [3.05, 3.63) is 17.8 Å². The average molecular weight is 244 g/mol. The molecular weight excluding hydrogens is 232 g/mol. The molecule has 16 heavy (non-hydrogen) atoms. The number of carbonyl (C=O) groups excluding carboxylic acids is 1. The van der Waals surface area contributed by atoms with Crippen LogP contribution in [0, 0.1) is 6.92 Å². The van der Waals surface area contributed by atoms with Crippen LogP contribution in [0.2, 0.25) is 0 Å². The summed E-state index contributed by atoms with van der Waals surface area (Å²) in [5.41, 5.74) is 0.792. The number of nitrogens with zero attached hydrogens (tertiary/aromatic N) is 1. The van der Waals surface area contributed by atoms with E-state index in [1.165, 1.54) is 18.2 Å². The average Bonchev–Trinajstić information content (AvgIpc) is 2.63. The van der Waals surface area contributed by atoms with Crippen LogP contribution >= 0.6 is 11.8 Å². The summed E-state index contributed by atoms with van der Waals surface area (Å²) in [6.45, 7) is 1.79. The first kappa shape index (κ1) is 12.6. The molecule has 0 fully saturated rings. The zero-order chi connectivity index (χ0) is 12.0. The minimum Gasteiger partial charge on any atom is -0.480 e. The van der Waals surface area contributed by atoms with Crippen LogP contribution < -0.4 is 5.32 Å². The Labute approximate surface area is 96.4 Å². The van der Waals surface area contributed by atoms with Crippen LogP contribution in [-0.2, 0) is 15.3 Å². The molecule has 1 rings (SSSR count). The van der Waals surface area contributed by atoms with Crippen LogP contribution in [0.5, 0.6) is 0 Å². The highest BCUT2D eigenvalue weighted by Gasteiger charge is 2.16. The van der Waals surface area contributed by atoms with Crippen molar-refractivity contribution in [3.63, 3.8) is 0 Å². The van der Waals surface area contributed by atoms with Gasteiger partial charge in [-0.3, -0.25) is 4.79 Å². The third kappa shape index (κ3) is 3.58. The zero-order valence-electron chi connectivity index (χ0n) is 8.67. The summed E-state index contributed by atoms with van der Waals surface area (Å²) >= 11 is 1.38. The standard InChI is InChI=1S/C9H12N2O4S/c1-6-7(11-5-15-6)2-16-3-8(9(13)14)10-4-12/h4-5,8H,2-3H2,1H3,(H,10,12)(H,13,14). The van der Waals surface area contributed by atoms with E-state index in [1.807, 2.05) is 0 Å². The van der Waals surface area contributed by atoms with E-state index in [9.17, 15) is 9.59 Å². The van der Waals surface area contributed by atoms with E-state index < -0.39 is 12.0 Å². The monoisotopic (exact) mass is 244 g/mol. The maximum atomic E-state index is 10.7. The van der Waals surface area contributed by atoms with Crippen molar-refractivity contribution >= 4 is 24.1 Å². The summed E-state index contributed by atoms with van der Waals surface area (Å²) in [6, 6.07) is -0.866. The van der Waals surface area contributed by atoms with E-state index in [1.54, 1.807) is 6.92 Å². The molecule has 0 aromatic carbocycles. The number of rotatable bonds is 7. The number of carbonyl (C=O) groups is 2. The lowest BCUT2D eigenvalue weighted by molar-refractivity contribution is -0.139. The molecule has 0 radical (unpaired) electrons. The fourth-order valence-corrected chi connectivity index (χ4v) is 2.08. The number of hydrogen-bond acceptors (Lipinski definition) is 5. The fraction of sp³-hybridized carbons (Fsp3) is 0.444. The topological polar surface area (TPSA) is 92.4 Å². The predicted octanol–water partition coefficient (Wildman–Crippen LogP) is 0.415. The predicted molar refractivity (Wildman–Crippen MR) is 58.0 cm³/mol. The Morgan fingerprint density at radius 1 is 1.81 bits per heavy atom. The van der Waals surface area contributed by atoms with Gasteiger partial charge in [0.15, 0.2) is 6.39 Å². The highest BCUT2D eigenvalue weighted by atomic mass is 32.2. The summed E-state index contributed by atoms with van der Waals surface area (Å²) in [6.07, 6.45) is 1.74. The Balaban J connectivity index is 2.36. The van der Waals surface area contributed by atoms with Gasteiger partial charge < -0.3 is 14.8 Å². The number of oxazole rings is 1. The molecule has 0 saturated heterocycles. The number of aryl methyl sites for hydroxylation is 1. The molecule has 0 spiro atoms. The maximum absolute atomic E-state index is 10.7. The molecule has 7 heteroatoms. The molecule has 0 aliphatic rings. The first-order valence-electron chi connectivity index (χ1n) is 4.54. The van der Waals surface area contributed by atoms with Gasteiger partial charge in [-0.15, -0.1) is 0 Å². The smallest absolute Gasteiger partial charge is 0.327 e. The molecule has 1 aromatic heterocycles. The second-order valence-corrected chi connectivity index (χ2v) is 4.08. The fourth-order valence-electron chi connectivity index (χ4n) is 1.01. The number of nitrogens with one attached hydrogen (secondary N) is 1. The Bertz CT molecular complexity index is 366.